The minimum atomic E-state index is -0.827. The maximum Gasteiger partial charge on any atom is 0.336 e. The fourth-order valence-electron chi connectivity index (χ4n) is 3.59. The van der Waals surface area contributed by atoms with Crippen LogP contribution in [0.2, 0.25) is 0 Å². The van der Waals surface area contributed by atoms with Gasteiger partial charge >= 0.3 is 5.97 Å². The van der Waals surface area contributed by atoms with Crippen molar-refractivity contribution in [3.8, 4) is 0 Å². The third-order valence-electron chi connectivity index (χ3n) is 4.91. The van der Waals surface area contributed by atoms with Crippen LogP contribution in [0.1, 0.15) is 58.9 Å². The average molecular weight is 283 g/mol. The second kappa shape index (κ2) is 4.83. The summed E-state index contributed by atoms with van der Waals surface area (Å²) in [6.45, 7) is 8.39. The fraction of sp³-hybridized carbons (Fsp3) is 0.444. The van der Waals surface area contributed by atoms with Gasteiger partial charge in [-0.2, -0.15) is 0 Å². The monoisotopic (exact) mass is 283 g/mol. The topological polar surface area (TPSA) is 50.2 Å². The van der Waals surface area contributed by atoms with E-state index in [1.54, 1.807) is 0 Å². The molecule has 0 bridgehead atoms. The minimum absolute atomic E-state index is 0.317. The predicted octanol–water partition coefficient (Wildman–Crippen LogP) is 4.24. The molecule has 0 aliphatic heterocycles. The van der Waals surface area contributed by atoms with E-state index in [1.165, 1.54) is 0 Å². The van der Waals surface area contributed by atoms with Crippen LogP contribution in [-0.2, 0) is 6.42 Å². The molecule has 1 aliphatic rings. The van der Waals surface area contributed by atoms with E-state index in [0.29, 0.717) is 17.4 Å². The molecule has 0 saturated heterocycles. The SMILES string of the molecule is Cc1cc(C)c2c(C(=O)O)c3c(nc2c1)C(C)C(C)CC3. The molecule has 0 fully saturated rings. The van der Waals surface area contributed by atoms with Crippen molar-refractivity contribution in [2.24, 2.45) is 5.92 Å². The third-order valence-corrected chi connectivity index (χ3v) is 4.91. The molecular weight excluding hydrogens is 262 g/mol. The van der Waals surface area contributed by atoms with Gasteiger partial charge in [0.05, 0.1) is 11.1 Å². The predicted molar refractivity (Wildman–Crippen MR) is 84.1 cm³/mol. The van der Waals surface area contributed by atoms with Gasteiger partial charge in [-0.1, -0.05) is 19.9 Å². The van der Waals surface area contributed by atoms with E-state index in [4.69, 9.17) is 4.98 Å². The van der Waals surface area contributed by atoms with Crippen LogP contribution < -0.4 is 0 Å². The Balaban J connectivity index is 2.44. The molecule has 3 nitrogen and oxygen atoms in total. The highest BCUT2D eigenvalue weighted by atomic mass is 16.4. The molecule has 2 unspecified atom stereocenters. The molecule has 3 heteroatoms. The average Bonchev–Trinajstić information content (AvgIpc) is 2.40. The number of aromatic nitrogens is 1. The van der Waals surface area contributed by atoms with Gasteiger partial charge in [0.25, 0.3) is 0 Å². The lowest BCUT2D eigenvalue weighted by Crippen LogP contribution is -2.21. The van der Waals surface area contributed by atoms with Gasteiger partial charge in [0.15, 0.2) is 0 Å². The van der Waals surface area contributed by atoms with Crippen molar-refractivity contribution in [2.45, 2.75) is 46.5 Å². The van der Waals surface area contributed by atoms with Crippen LogP contribution in [-0.4, -0.2) is 16.1 Å². The fourth-order valence-corrected chi connectivity index (χ4v) is 3.59. The van der Waals surface area contributed by atoms with Crippen molar-refractivity contribution in [1.29, 1.82) is 0 Å². The van der Waals surface area contributed by atoms with Gasteiger partial charge in [-0.05, 0) is 55.4 Å². The number of aromatic carboxylic acids is 1. The molecule has 3 rings (SSSR count). The van der Waals surface area contributed by atoms with Crippen LogP contribution in [0.5, 0.6) is 0 Å². The van der Waals surface area contributed by atoms with Crippen LogP contribution >= 0.6 is 0 Å². The zero-order chi connectivity index (χ0) is 15.3. The highest BCUT2D eigenvalue weighted by Gasteiger charge is 2.30. The molecule has 0 spiro atoms. The third kappa shape index (κ3) is 2.11. The zero-order valence-corrected chi connectivity index (χ0v) is 13.0. The Kier molecular flexibility index (Phi) is 3.23. The van der Waals surface area contributed by atoms with E-state index in [0.717, 1.165) is 46.1 Å². The molecule has 1 heterocycles. The van der Waals surface area contributed by atoms with Crippen LogP contribution in [0.3, 0.4) is 0 Å². The molecule has 0 amide bonds. The summed E-state index contributed by atoms with van der Waals surface area (Å²) in [5.74, 6) is 0.0411. The number of carbonyl (C=O) groups is 1. The van der Waals surface area contributed by atoms with Crippen molar-refractivity contribution in [2.75, 3.05) is 0 Å². The Morgan fingerprint density at radius 1 is 1.29 bits per heavy atom. The summed E-state index contributed by atoms with van der Waals surface area (Å²) in [5.41, 5.74) is 5.37. The largest absolute Gasteiger partial charge is 0.478 e. The molecule has 0 saturated carbocycles. The van der Waals surface area contributed by atoms with E-state index in [1.807, 2.05) is 26.0 Å². The van der Waals surface area contributed by atoms with Gasteiger partial charge in [-0.3, -0.25) is 4.98 Å². The molecule has 1 N–H and O–H groups in total. The summed E-state index contributed by atoms with van der Waals surface area (Å²) in [7, 11) is 0. The second-order valence-corrected chi connectivity index (χ2v) is 6.44. The Morgan fingerprint density at radius 3 is 2.67 bits per heavy atom. The molecule has 2 aromatic rings. The number of aryl methyl sites for hydroxylation is 2. The maximum atomic E-state index is 11.9. The molecule has 1 aliphatic carbocycles. The quantitative estimate of drug-likeness (QED) is 0.851. The van der Waals surface area contributed by atoms with E-state index in [-0.39, 0.29) is 0 Å². The van der Waals surface area contributed by atoms with Crippen molar-refractivity contribution >= 4 is 16.9 Å². The van der Waals surface area contributed by atoms with Gasteiger partial charge in [-0.15, -0.1) is 0 Å². The molecule has 1 aromatic carbocycles. The molecule has 2 atom stereocenters. The van der Waals surface area contributed by atoms with Gasteiger partial charge in [0.2, 0.25) is 0 Å². The molecule has 110 valence electrons. The first-order chi connectivity index (χ1) is 9.90. The number of carboxylic acids is 1. The number of hydrogen-bond donors (Lipinski definition) is 1. The first-order valence-electron chi connectivity index (χ1n) is 7.57. The number of fused-ring (bicyclic) bond motifs is 2. The van der Waals surface area contributed by atoms with Crippen molar-refractivity contribution in [1.82, 2.24) is 4.98 Å². The second-order valence-electron chi connectivity index (χ2n) is 6.44. The lowest BCUT2D eigenvalue weighted by molar-refractivity contribution is 0.0697. The lowest BCUT2D eigenvalue weighted by atomic mass is 9.77. The van der Waals surface area contributed by atoms with Crippen molar-refractivity contribution < 1.29 is 9.90 Å². The summed E-state index contributed by atoms with van der Waals surface area (Å²) in [6, 6.07) is 4.04. The van der Waals surface area contributed by atoms with Crippen molar-refractivity contribution in [3.63, 3.8) is 0 Å². The smallest absolute Gasteiger partial charge is 0.336 e. The lowest BCUT2D eigenvalue weighted by Gasteiger charge is -2.29. The van der Waals surface area contributed by atoms with E-state index in [9.17, 15) is 9.90 Å². The number of nitrogens with zero attached hydrogens (tertiary/aromatic N) is 1. The zero-order valence-electron chi connectivity index (χ0n) is 13.0. The van der Waals surface area contributed by atoms with E-state index in [2.05, 4.69) is 13.8 Å². The summed E-state index contributed by atoms with van der Waals surface area (Å²) in [4.78, 5) is 16.7. The van der Waals surface area contributed by atoms with Gasteiger partial charge in [0, 0.05) is 17.0 Å². The van der Waals surface area contributed by atoms with Crippen molar-refractivity contribution in [3.05, 3.63) is 40.1 Å². The van der Waals surface area contributed by atoms with Gasteiger partial charge in [0.1, 0.15) is 0 Å². The van der Waals surface area contributed by atoms with E-state index >= 15 is 0 Å². The van der Waals surface area contributed by atoms with Crippen LogP contribution in [0.15, 0.2) is 12.1 Å². The first kappa shape index (κ1) is 14.1. The summed E-state index contributed by atoms with van der Waals surface area (Å²) in [6.07, 6.45) is 1.85. The standard InChI is InChI=1S/C18H21NO2/c1-9-7-11(3)15-14(8-9)19-17-12(4)10(2)5-6-13(17)16(15)18(20)21/h7-8,10,12H,5-6H2,1-4H3,(H,20,21). The number of benzene rings is 1. The normalized spacial score (nSPS) is 21.3. The van der Waals surface area contributed by atoms with Crippen LogP contribution in [0.25, 0.3) is 10.9 Å². The van der Waals surface area contributed by atoms with Gasteiger partial charge in [-0.25, -0.2) is 4.79 Å². The number of pyridine rings is 1. The summed E-state index contributed by atoms with van der Waals surface area (Å²) in [5, 5.41) is 10.6. The molecular formula is C18H21NO2. The van der Waals surface area contributed by atoms with Crippen LogP contribution in [0, 0.1) is 19.8 Å². The summed E-state index contributed by atoms with van der Waals surface area (Å²) < 4.78 is 0. The Hall–Kier alpha value is -1.90. The van der Waals surface area contributed by atoms with E-state index < -0.39 is 5.97 Å². The molecule has 1 aromatic heterocycles. The van der Waals surface area contributed by atoms with Gasteiger partial charge < -0.3 is 5.11 Å². The highest BCUT2D eigenvalue weighted by molar-refractivity contribution is 6.05. The first-order valence-corrected chi connectivity index (χ1v) is 7.57. The number of rotatable bonds is 1. The minimum Gasteiger partial charge on any atom is -0.478 e. The highest BCUT2D eigenvalue weighted by Crippen LogP contribution is 2.39. The van der Waals surface area contributed by atoms with Crippen LogP contribution in [0.4, 0.5) is 0 Å². The maximum absolute atomic E-state index is 11.9. The Morgan fingerprint density at radius 2 is 2.00 bits per heavy atom. The number of carboxylic acid groups (broad SMARTS) is 1. The Labute approximate surface area is 125 Å². The molecule has 0 radical (unpaired) electrons. The Bertz CT molecular complexity index is 749. The number of hydrogen-bond acceptors (Lipinski definition) is 2. The molecule has 21 heavy (non-hydrogen) atoms. The summed E-state index contributed by atoms with van der Waals surface area (Å²) >= 11 is 0.